The quantitative estimate of drug-likeness (QED) is 0.151. The minimum atomic E-state index is 0.387. The predicted molar refractivity (Wildman–Crippen MR) is 203 cm³/mol. The number of anilines is 2. The molecule has 0 radical (unpaired) electrons. The Kier molecular flexibility index (Phi) is 9.06. The molecule has 7 rings (SSSR count). The first kappa shape index (κ1) is 30.0. The van der Waals surface area contributed by atoms with Crippen molar-refractivity contribution in [1.82, 2.24) is 0 Å². The van der Waals surface area contributed by atoms with Crippen LogP contribution in [-0.4, -0.2) is 0 Å². The summed E-state index contributed by atoms with van der Waals surface area (Å²) in [6, 6.07) is 43.8. The molecule has 0 amide bonds. The van der Waals surface area contributed by atoms with Gasteiger partial charge in [-0.05, 0) is 93.8 Å². The maximum Gasteiger partial charge on any atom is 0.0461 e. The van der Waals surface area contributed by atoms with E-state index in [4.69, 9.17) is 0 Å². The third kappa shape index (κ3) is 6.95. The number of benzene rings is 5. The normalized spacial score (nSPS) is 17.6. The van der Waals surface area contributed by atoms with Crippen molar-refractivity contribution in [1.29, 1.82) is 0 Å². The van der Waals surface area contributed by atoms with E-state index in [-0.39, 0.29) is 0 Å². The van der Waals surface area contributed by atoms with E-state index in [9.17, 15) is 0 Å². The summed E-state index contributed by atoms with van der Waals surface area (Å²) in [5, 5.41) is 2.52. The molecule has 0 aromatic heterocycles. The molecule has 2 unspecified atom stereocenters. The molecule has 228 valence electrons. The average molecular weight is 606 g/mol. The molecule has 0 bridgehead atoms. The zero-order valence-electron chi connectivity index (χ0n) is 26.6. The van der Waals surface area contributed by atoms with E-state index in [0.29, 0.717) is 11.8 Å². The van der Waals surface area contributed by atoms with Crippen LogP contribution in [0.1, 0.15) is 12.8 Å². The van der Waals surface area contributed by atoms with E-state index < -0.39 is 0 Å². The highest BCUT2D eigenvalue weighted by atomic mass is 15.1. The van der Waals surface area contributed by atoms with Crippen LogP contribution in [0.5, 0.6) is 0 Å². The molecule has 1 nitrogen and oxygen atoms in total. The van der Waals surface area contributed by atoms with Gasteiger partial charge in [-0.25, -0.2) is 0 Å². The lowest BCUT2D eigenvalue weighted by Gasteiger charge is -2.30. The fraction of sp³-hybridized carbons (Fsp3) is 0.0870. The van der Waals surface area contributed by atoms with Gasteiger partial charge in [0.1, 0.15) is 0 Å². The van der Waals surface area contributed by atoms with Crippen LogP contribution in [0.15, 0.2) is 206 Å². The molecule has 0 N–H and O–H groups in total. The second kappa shape index (κ2) is 14.2. The Hall–Kier alpha value is -5.66. The summed E-state index contributed by atoms with van der Waals surface area (Å²) in [7, 11) is 0. The van der Waals surface area contributed by atoms with Gasteiger partial charge in [-0.3, -0.25) is 0 Å². The molecule has 0 heterocycles. The monoisotopic (exact) mass is 605 g/mol. The molecule has 0 aliphatic heterocycles. The average Bonchev–Trinajstić information content (AvgIpc) is 3.15. The zero-order chi connectivity index (χ0) is 31.8. The minimum absolute atomic E-state index is 0.387. The van der Waals surface area contributed by atoms with Crippen molar-refractivity contribution in [2.45, 2.75) is 12.8 Å². The summed E-state index contributed by atoms with van der Waals surface area (Å²) < 4.78 is 0. The van der Waals surface area contributed by atoms with E-state index in [0.717, 1.165) is 24.2 Å². The summed E-state index contributed by atoms with van der Waals surface area (Å²) >= 11 is 0. The third-order valence-electron chi connectivity index (χ3n) is 9.09. The van der Waals surface area contributed by atoms with Crippen LogP contribution in [-0.2, 0) is 0 Å². The summed E-state index contributed by atoms with van der Waals surface area (Å²) in [6.07, 6.45) is 26.3. The van der Waals surface area contributed by atoms with Crippen molar-refractivity contribution >= 4 is 22.1 Å². The van der Waals surface area contributed by atoms with Gasteiger partial charge in [-0.1, -0.05) is 158 Å². The second-order valence-electron chi connectivity index (χ2n) is 12.2. The Balaban J connectivity index is 1.15. The number of fused-ring (bicyclic) bond motifs is 1. The van der Waals surface area contributed by atoms with E-state index in [2.05, 4.69) is 181 Å². The lowest BCUT2D eigenvalue weighted by molar-refractivity contribution is 0.734. The molecule has 2 aliphatic carbocycles. The second-order valence-corrected chi connectivity index (χ2v) is 12.2. The highest BCUT2D eigenvalue weighted by Crippen LogP contribution is 2.37. The summed E-state index contributed by atoms with van der Waals surface area (Å²) in [6.45, 7) is 3.74. The molecule has 2 aliphatic rings. The van der Waals surface area contributed by atoms with Gasteiger partial charge in [0.2, 0.25) is 0 Å². The molecule has 0 saturated heterocycles. The molecule has 2 atom stereocenters. The first-order valence-electron chi connectivity index (χ1n) is 16.5. The standard InChI is InChI=1S/C46H39N/c1-2-3-4-6-11-35-16-18-38(19-17-35)40-24-30-45(31-25-40)47(44-28-22-39(23-29-44)36-12-7-5-8-13-36)46-32-26-41(27-33-46)43-21-20-37-14-9-10-15-42(37)34-43/h2-16,18-24,26-35,40H,1,17,25H2/b4-3-,11-6+. The topological polar surface area (TPSA) is 3.24 Å². The summed E-state index contributed by atoms with van der Waals surface area (Å²) in [4.78, 5) is 2.38. The van der Waals surface area contributed by atoms with Gasteiger partial charge in [-0.2, -0.15) is 0 Å². The van der Waals surface area contributed by atoms with Crippen molar-refractivity contribution in [2.24, 2.45) is 11.8 Å². The maximum atomic E-state index is 3.74. The van der Waals surface area contributed by atoms with Crippen LogP contribution in [0.25, 0.3) is 33.0 Å². The Morgan fingerprint density at radius 3 is 1.87 bits per heavy atom. The third-order valence-corrected chi connectivity index (χ3v) is 9.09. The fourth-order valence-corrected chi connectivity index (χ4v) is 6.50. The van der Waals surface area contributed by atoms with Gasteiger partial charge in [0, 0.05) is 23.0 Å². The lowest BCUT2D eigenvalue weighted by atomic mass is 9.85. The van der Waals surface area contributed by atoms with Gasteiger partial charge in [0.05, 0.1) is 0 Å². The molecule has 47 heavy (non-hydrogen) atoms. The molecule has 0 saturated carbocycles. The molecular weight excluding hydrogens is 567 g/mol. The molecule has 5 aromatic rings. The van der Waals surface area contributed by atoms with E-state index in [1.54, 1.807) is 6.08 Å². The number of allylic oxidation sites excluding steroid dienone is 12. The number of nitrogens with zero attached hydrogens (tertiary/aromatic N) is 1. The maximum absolute atomic E-state index is 3.74. The Morgan fingerprint density at radius 1 is 0.553 bits per heavy atom. The zero-order valence-corrected chi connectivity index (χ0v) is 26.6. The first-order valence-corrected chi connectivity index (χ1v) is 16.5. The lowest BCUT2D eigenvalue weighted by Crippen LogP contribution is -2.18. The minimum Gasteiger partial charge on any atom is -0.311 e. The molecular formula is C46H39N. The number of hydrogen-bond acceptors (Lipinski definition) is 1. The number of hydrogen-bond donors (Lipinski definition) is 0. The van der Waals surface area contributed by atoms with E-state index >= 15 is 0 Å². The van der Waals surface area contributed by atoms with Crippen molar-refractivity contribution in [3.63, 3.8) is 0 Å². The van der Waals surface area contributed by atoms with E-state index in [1.165, 1.54) is 44.3 Å². The molecule has 1 heteroatoms. The Bertz CT molecular complexity index is 2030. The number of rotatable bonds is 9. The highest BCUT2D eigenvalue weighted by molar-refractivity contribution is 5.87. The highest BCUT2D eigenvalue weighted by Gasteiger charge is 2.20. The summed E-state index contributed by atoms with van der Waals surface area (Å²) in [5.74, 6) is 0.831. The molecule has 0 fully saturated rings. The molecule has 5 aromatic carbocycles. The van der Waals surface area contributed by atoms with Crippen molar-refractivity contribution < 1.29 is 0 Å². The van der Waals surface area contributed by atoms with Crippen LogP contribution in [0.3, 0.4) is 0 Å². The van der Waals surface area contributed by atoms with Crippen molar-refractivity contribution in [3.05, 3.63) is 206 Å². The van der Waals surface area contributed by atoms with Crippen molar-refractivity contribution in [3.8, 4) is 22.3 Å². The first-order chi connectivity index (χ1) is 23.2. The smallest absolute Gasteiger partial charge is 0.0461 e. The van der Waals surface area contributed by atoms with Crippen LogP contribution >= 0.6 is 0 Å². The van der Waals surface area contributed by atoms with Crippen LogP contribution in [0.2, 0.25) is 0 Å². The fourth-order valence-electron chi connectivity index (χ4n) is 6.50. The van der Waals surface area contributed by atoms with Crippen LogP contribution in [0.4, 0.5) is 11.4 Å². The van der Waals surface area contributed by atoms with Gasteiger partial charge in [0.25, 0.3) is 0 Å². The van der Waals surface area contributed by atoms with Crippen molar-refractivity contribution in [2.75, 3.05) is 4.90 Å². The van der Waals surface area contributed by atoms with Gasteiger partial charge in [-0.15, -0.1) is 0 Å². The Morgan fingerprint density at radius 2 is 1.21 bits per heavy atom. The largest absolute Gasteiger partial charge is 0.311 e. The summed E-state index contributed by atoms with van der Waals surface area (Å²) in [5.41, 5.74) is 9.78. The van der Waals surface area contributed by atoms with E-state index in [1.807, 2.05) is 12.2 Å². The Labute approximate surface area is 279 Å². The molecule has 0 spiro atoms. The SMILES string of the molecule is C=C/C=C\C=C\C1C=CC(C2C=CC(N(c3ccc(-c4ccccc4)cc3)c3ccc(-c4ccc5ccccc5c4)cc3)=CC2)=CC1. The van der Waals surface area contributed by atoms with Gasteiger partial charge in [0.15, 0.2) is 0 Å². The van der Waals surface area contributed by atoms with Gasteiger partial charge >= 0.3 is 0 Å². The predicted octanol–water partition coefficient (Wildman–Crippen LogP) is 12.6. The van der Waals surface area contributed by atoms with Crippen LogP contribution < -0.4 is 4.90 Å². The van der Waals surface area contributed by atoms with Gasteiger partial charge < -0.3 is 4.90 Å². The van der Waals surface area contributed by atoms with Crippen LogP contribution in [0, 0.1) is 11.8 Å².